The van der Waals surface area contributed by atoms with Crippen LogP contribution in [0.2, 0.25) is 0 Å². The van der Waals surface area contributed by atoms with Gasteiger partial charge in [-0.2, -0.15) is 0 Å². The minimum absolute atomic E-state index is 0.113. The highest BCUT2D eigenvalue weighted by Crippen LogP contribution is 2.33. The van der Waals surface area contributed by atoms with Crippen molar-refractivity contribution in [3.63, 3.8) is 0 Å². The van der Waals surface area contributed by atoms with Crippen LogP contribution >= 0.6 is 23.1 Å². The van der Waals surface area contributed by atoms with E-state index in [1.54, 1.807) is 36.0 Å². The molecule has 0 aliphatic rings. The zero-order valence-corrected chi connectivity index (χ0v) is 18.5. The van der Waals surface area contributed by atoms with Crippen LogP contribution in [0.4, 0.5) is 5.13 Å². The number of aromatic nitrogens is 1. The molecule has 4 nitrogen and oxygen atoms in total. The van der Waals surface area contributed by atoms with Gasteiger partial charge in [0.1, 0.15) is 4.88 Å². The number of thiazole rings is 1. The van der Waals surface area contributed by atoms with Gasteiger partial charge in [0.25, 0.3) is 5.91 Å². The van der Waals surface area contributed by atoms with E-state index in [9.17, 15) is 9.59 Å². The summed E-state index contributed by atoms with van der Waals surface area (Å²) in [5, 5.41) is 3.25. The van der Waals surface area contributed by atoms with Crippen molar-refractivity contribution >= 4 is 39.9 Å². The van der Waals surface area contributed by atoms with Gasteiger partial charge in [-0.05, 0) is 30.0 Å². The third-order valence-electron chi connectivity index (χ3n) is 4.56. The molecule has 1 aromatic heterocycles. The SMILES string of the molecule is CCSc1ccc(C(=O)Nc2nc(-c3ccccc3)c(C(=O)c3ccccc3)s2)cc1. The van der Waals surface area contributed by atoms with Crippen molar-refractivity contribution in [2.24, 2.45) is 0 Å². The first kappa shape index (κ1) is 21.0. The summed E-state index contributed by atoms with van der Waals surface area (Å²) >= 11 is 2.92. The molecular formula is C25H20N2O2S2. The van der Waals surface area contributed by atoms with Gasteiger partial charge in [0, 0.05) is 21.6 Å². The topological polar surface area (TPSA) is 59.1 Å². The van der Waals surface area contributed by atoms with Gasteiger partial charge in [0.05, 0.1) is 5.69 Å². The third-order valence-corrected chi connectivity index (χ3v) is 6.43. The average Bonchev–Trinajstić information content (AvgIpc) is 3.24. The summed E-state index contributed by atoms with van der Waals surface area (Å²) < 4.78 is 0. The first-order chi connectivity index (χ1) is 15.2. The number of anilines is 1. The summed E-state index contributed by atoms with van der Waals surface area (Å²) in [6.45, 7) is 2.09. The summed E-state index contributed by atoms with van der Waals surface area (Å²) in [4.78, 5) is 32.1. The van der Waals surface area contributed by atoms with Crippen molar-refractivity contribution in [2.45, 2.75) is 11.8 Å². The van der Waals surface area contributed by atoms with Crippen molar-refractivity contribution in [3.05, 3.63) is 101 Å². The molecule has 31 heavy (non-hydrogen) atoms. The quantitative estimate of drug-likeness (QED) is 0.264. The molecule has 0 radical (unpaired) electrons. The fourth-order valence-corrected chi connectivity index (χ4v) is 4.68. The fraction of sp³-hybridized carbons (Fsp3) is 0.0800. The molecule has 1 amide bonds. The summed E-state index contributed by atoms with van der Waals surface area (Å²) in [7, 11) is 0. The predicted octanol–water partition coefficient (Wildman–Crippen LogP) is 6.41. The van der Waals surface area contributed by atoms with Crippen LogP contribution < -0.4 is 5.32 Å². The van der Waals surface area contributed by atoms with Crippen molar-refractivity contribution < 1.29 is 9.59 Å². The van der Waals surface area contributed by atoms with Gasteiger partial charge in [-0.1, -0.05) is 78.9 Å². The highest BCUT2D eigenvalue weighted by atomic mass is 32.2. The van der Waals surface area contributed by atoms with Crippen molar-refractivity contribution in [3.8, 4) is 11.3 Å². The van der Waals surface area contributed by atoms with Gasteiger partial charge < -0.3 is 0 Å². The Morgan fingerprint density at radius 1 is 0.871 bits per heavy atom. The van der Waals surface area contributed by atoms with Crippen LogP contribution in [-0.2, 0) is 0 Å². The van der Waals surface area contributed by atoms with E-state index in [-0.39, 0.29) is 11.7 Å². The summed E-state index contributed by atoms with van der Waals surface area (Å²) in [6.07, 6.45) is 0. The van der Waals surface area contributed by atoms with E-state index in [0.717, 1.165) is 16.2 Å². The summed E-state index contributed by atoms with van der Waals surface area (Å²) in [6, 6.07) is 26.1. The molecule has 0 atom stereocenters. The van der Waals surface area contributed by atoms with E-state index >= 15 is 0 Å². The molecule has 4 rings (SSSR count). The van der Waals surface area contributed by atoms with Crippen LogP contribution in [0, 0.1) is 0 Å². The van der Waals surface area contributed by atoms with Gasteiger partial charge >= 0.3 is 0 Å². The number of rotatable bonds is 7. The smallest absolute Gasteiger partial charge is 0.257 e. The van der Waals surface area contributed by atoms with Crippen molar-refractivity contribution in [1.82, 2.24) is 4.98 Å². The molecule has 4 aromatic rings. The molecule has 3 aromatic carbocycles. The first-order valence-corrected chi connectivity index (χ1v) is 11.7. The molecule has 0 aliphatic carbocycles. The summed E-state index contributed by atoms with van der Waals surface area (Å²) in [5.74, 6) is 0.615. The lowest BCUT2D eigenvalue weighted by atomic mass is 10.1. The number of nitrogens with one attached hydrogen (secondary N) is 1. The van der Waals surface area contributed by atoms with Crippen LogP contribution in [0.25, 0.3) is 11.3 Å². The maximum atomic E-state index is 13.2. The molecule has 0 bridgehead atoms. The molecule has 154 valence electrons. The number of hydrogen-bond donors (Lipinski definition) is 1. The molecule has 0 unspecified atom stereocenters. The number of carbonyl (C=O) groups excluding carboxylic acids is 2. The van der Waals surface area contributed by atoms with Gasteiger partial charge in [0.2, 0.25) is 5.78 Å². The van der Waals surface area contributed by atoms with Crippen LogP contribution in [0.15, 0.2) is 89.8 Å². The standard InChI is InChI=1S/C25H20N2O2S2/c1-2-30-20-15-13-19(14-16-20)24(29)27-25-26-21(17-9-5-3-6-10-17)23(31-25)22(28)18-11-7-4-8-12-18/h3-16H,2H2,1H3,(H,26,27,29). The van der Waals surface area contributed by atoms with Crippen molar-refractivity contribution in [1.29, 1.82) is 0 Å². The molecular weight excluding hydrogens is 424 g/mol. The number of hydrogen-bond acceptors (Lipinski definition) is 5. The van der Waals surface area contributed by atoms with Gasteiger partial charge in [-0.25, -0.2) is 4.98 Å². The molecule has 6 heteroatoms. The Labute approximate surface area is 189 Å². The van der Waals surface area contributed by atoms with E-state index in [4.69, 9.17) is 0 Å². The van der Waals surface area contributed by atoms with E-state index in [0.29, 0.717) is 26.8 Å². The first-order valence-electron chi connectivity index (χ1n) is 9.86. The second-order valence-electron chi connectivity index (χ2n) is 6.67. The van der Waals surface area contributed by atoms with Crippen molar-refractivity contribution in [2.75, 3.05) is 11.1 Å². The number of carbonyl (C=O) groups is 2. The Morgan fingerprint density at radius 2 is 1.52 bits per heavy atom. The van der Waals surface area contributed by atoms with Crippen LogP contribution in [0.5, 0.6) is 0 Å². The molecule has 0 aliphatic heterocycles. The second kappa shape index (κ2) is 9.73. The Kier molecular flexibility index (Phi) is 6.60. The lowest BCUT2D eigenvalue weighted by molar-refractivity contribution is 0.102. The van der Waals surface area contributed by atoms with E-state index in [1.807, 2.05) is 60.7 Å². The number of ketones is 1. The monoisotopic (exact) mass is 444 g/mol. The number of amides is 1. The maximum absolute atomic E-state index is 13.2. The molecule has 0 fully saturated rings. The maximum Gasteiger partial charge on any atom is 0.257 e. The molecule has 0 saturated heterocycles. The minimum atomic E-state index is -0.250. The molecule has 1 N–H and O–H groups in total. The molecule has 0 saturated carbocycles. The van der Waals surface area contributed by atoms with E-state index in [1.165, 1.54) is 11.3 Å². The Bertz CT molecular complexity index is 1190. The zero-order chi connectivity index (χ0) is 21.6. The van der Waals surface area contributed by atoms with Gasteiger partial charge in [-0.3, -0.25) is 14.9 Å². The Hall–Kier alpha value is -3.22. The third kappa shape index (κ3) is 4.93. The highest BCUT2D eigenvalue weighted by molar-refractivity contribution is 7.99. The van der Waals surface area contributed by atoms with E-state index in [2.05, 4.69) is 17.2 Å². The number of thioether (sulfide) groups is 1. The lowest BCUT2D eigenvalue weighted by Crippen LogP contribution is -2.11. The predicted molar refractivity (Wildman–Crippen MR) is 128 cm³/mol. The second-order valence-corrected chi connectivity index (χ2v) is 9.01. The van der Waals surface area contributed by atoms with Crippen LogP contribution in [-0.4, -0.2) is 22.4 Å². The number of nitrogens with zero attached hydrogens (tertiary/aromatic N) is 1. The Morgan fingerprint density at radius 3 is 2.16 bits per heavy atom. The normalized spacial score (nSPS) is 10.6. The van der Waals surface area contributed by atoms with Crippen LogP contribution in [0.1, 0.15) is 32.5 Å². The van der Waals surface area contributed by atoms with Crippen LogP contribution in [0.3, 0.4) is 0 Å². The van der Waals surface area contributed by atoms with Gasteiger partial charge in [-0.15, -0.1) is 11.8 Å². The number of benzene rings is 3. The molecule has 1 heterocycles. The zero-order valence-electron chi connectivity index (χ0n) is 16.9. The highest BCUT2D eigenvalue weighted by Gasteiger charge is 2.22. The fourth-order valence-electron chi connectivity index (χ4n) is 3.08. The van der Waals surface area contributed by atoms with Gasteiger partial charge in [0.15, 0.2) is 5.13 Å². The molecule has 0 spiro atoms. The lowest BCUT2D eigenvalue weighted by Gasteiger charge is -2.03. The minimum Gasteiger partial charge on any atom is -0.298 e. The Balaban J connectivity index is 1.65. The average molecular weight is 445 g/mol. The van der Waals surface area contributed by atoms with E-state index < -0.39 is 0 Å². The largest absolute Gasteiger partial charge is 0.298 e. The summed E-state index contributed by atoms with van der Waals surface area (Å²) in [5.41, 5.74) is 2.54.